The zero-order valence-electron chi connectivity index (χ0n) is 8.09. The minimum atomic E-state index is 0.477. The van der Waals surface area contributed by atoms with Crippen LogP contribution >= 0.6 is 0 Å². The van der Waals surface area contributed by atoms with Gasteiger partial charge in [0, 0.05) is 11.6 Å². The van der Waals surface area contributed by atoms with Crippen molar-refractivity contribution in [2.45, 2.75) is 20.8 Å². The maximum atomic E-state index is 5.57. The lowest BCUT2D eigenvalue weighted by Crippen LogP contribution is -1.95. The second-order valence-corrected chi connectivity index (χ2v) is 3.74. The summed E-state index contributed by atoms with van der Waals surface area (Å²) in [5.41, 5.74) is 9.08. The van der Waals surface area contributed by atoms with Gasteiger partial charge in [-0.15, -0.1) is 0 Å². The van der Waals surface area contributed by atoms with Crippen molar-refractivity contribution in [2.24, 2.45) is 17.6 Å². The molecule has 0 aliphatic heterocycles. The molecule has 0 saturated heterocycles. The summed E-state index contributed by atoms with van der Waals surface area (Å²) >= 11 is 0. The molecule has 0 aromatic carbocycles. The van der Waals surface area contributed by atoms with Crippen LogP contribution in [0.5, 0.6) is 0 Å². The largest absolute Gasteiger partial charge is 0.402 e. The van der Waals surface area contributed by atoms with E-state index in [4.69, 9.17) is 5.73 Å². The van der Waals surface area contributed by atoms with Crippen molar-refractivity contribution in [2.75, 3.05) is 0 Å². The minimum Gasteiger partial charge on any atom is -0.402 e. The van der Waals surface area contributed by atoms with Crippen molar-refractivity contribution in [3.63, 3.8) is 0 Å². The van der Waals surface area contributed by atoms with E-state index in [0.29, 0.717) is 11.8 Å². The van der Waals surface area contributed by atoms with Crippen LogP contribution in [0.25, 0.3) is 0 Å². The summed E-state index contributed by atoms with van der Waals surface area (Å²) < 4.78 is 0. The van der Waals surface area contributed by atoms with Gasteiger partial charge in [-0.1, -0.05) is 32.6 Å². The normalized spacial score (nSPS) is 22.5. The van der Waals surface area contributed by atoms with Gasteiger partial charge in [0.05, 0.1) is 0 Å². The van der Waals surface area contributed by atoms with Gasteiger partial charge in [0.1, 0.15) is 0 Å². The van der Waals surface area contributed by atoms with E-state index in [-0.39, 0.29) is 0 Å². The SMILES string of the molecule is C=C(C1=CC1/C=C(/C)N)C(C)C. The van der Waals surface area contributed by atoms with Crippen LogP contribution in [-0.2, 0) is 0 Å². The Balaban J connectivity index is 2.48. The van der Waals surface area contributed by atoms with Crippen LogP contribution in [0.15, 0.2) is 35.6 Å². The molecule has 0 fully saturated rings. The Morgan fingerprint density at radius 2 is 2.25 bits per heavy atom. The number of hydrogen-bond acceptors (Lipinski definition) is 1. The molecule has 2 N–H and O–H groups in total. The molecule has 0 heterocycles. The molecule has 12 heavy (non-hydrogen) atoms. The molecule has 0 aromatic heterocycles. The summed E-state index contributed by atoms with van der Waals surface area (Å²) in [6.07, 6.45) is 4.28. The fourth-order valence-corrected chi connectivity index (χ4v) is 1.22. The number of nitrogens with two attached hydrogens (primary N) is 1. The van der Waals surface area contributed by atoms with Crippen molar-refractivity contribution in [3.05, 3.63) is 35.6 Å². The lowest BCUT2D eigenvalue weighted by Gasteiger charge is -2.05. The zero-order chi connectivity index (χ0) is 9.30. The number of rotatable bonds is 3. The Hall–Kier alpha value is -0.980. The van der Waals surface area contributed by atoms with Crippen LogP contribution in [-0.4, -0.2) is 0 Å². The zero-order valence-corrected chi connectivity index (χ0v) is 8.09. The summed E-state index contributed by atoms with van der Waals surface area (Å²) in [6.45, 7) is 10.3. The van der Waals surface area contributed by atoms with E-state index < -0.39 is 0 Å². The Bertz CT molecular complexity index is 252. The van der Waals surface area contributed by atoms with Crippen LogP contribution in [0, 0.1) is 11.8 Å². The smallest absolute Gasteiger partial charge is 0.0224 e. The van der Waals surface area contributed by atoms with E-state index in [0.717, 1.165) is 5.70 Å². The van der Waals surface area contributed by atoms with Gasteiger partial charge >= 0.3 is 0 Å². The number of allylic oxidation sites excluding steroid dienone is 5. The van der Waals surface area contributed by atoms with Gasteiger partial charge in [0.15, 0.2) is 0 Å². The molecular formula is C11H17N. The highest BCUT2D eigenvalue weighted by Gasteiger charge is 2.25. The first kappa shape index (κ1) is 9.11. The second-order valence-electron chi connectivity index (χ2n) is 3.74. The highest BCUT2D eigenvalue weighted by atomic mass is 14.5. The maximum Gasteiger partial charge on any atom is 0.0224 e. The molecular weight excluding hydrogens is 146 g/mol. The molecule has 1 rings (SSSR count). The van der Waals surface area contributed by atoms with Crippen LogP contribution in [0.4, 0.5) is 0 Å². The predicted molar refractivity (Wildman–Crippen MR) is 53.5 cm³/mol. The molecule has 0 aromatic rings. The summed E-state index contributed by atoms with van der Waals surface area (Å²) in [6, 6.07) is 0. The molecule has 0 bridgehead atoms. The Kier molecular flexibility index (Phi) is 2.41. The van der Waals surface area contributed by atoms with E-state index in [9.17, 15) is 0 Å². The summed E-state index contributed by atoms with van der Waals surface area (Å²) in [7, 11) is 0. The topological polar surface area (TPSA) is 26.0 Å². The fraction of sp³-hybridized carbons (Fsp3) is 0.455. The lowest BCUT2D eigenvalue weighted by molar-refractivity contribution is 0.781. The standard InChI is InChI=1S/C11H17N/c1-7(2)9(4)11-6-10(11)5-8(3)12/h5-7,10H,4,12H2,1-3H3/b8-5-. The third-order valence-corrected chi connectivity index (χ3v) is 2.12. The van der Waals surface area contributed by atoms with Gasteiger partial charge < -0.3 is 5.73 Å². The molecule has 1 heteroatoms. The first-order valence-electron chi connectivity index (χ1n) is 4.37. The summed E-state index contributed by atoms with van der Waals surface area (Å²) in [4.78, 5) is 0. The molecule has 0 spiro atoms. The van der Waals surface area contributed by atoms with Crippen LogP contribution in [0.1, 0.15) is 20.8 Å². The molecule has 1 nitrogen and oxygen atoms in total. The van der Waals surface area contributed by atoms with E-state index in [1.54, 1.807) is 0 Å². The van der Waals surface area contributed by atoms with Crippen molar-refractivity contribution >= 4 is 0 Å². The van der Waals surface area contributed by atoms with E-state index in [1.165, 1.54) is 11.1 Å². The summed E-state index contributed by atoms with van der Waals surface area (Å²) in [5, 5.41) is 0. The molecule has 0 amide bonds. The Morgan fingerprint density at radius 1 is 1.67 bits per heavy atom. The molecule has 1 aliphatic rings. The Labute approximate surface area is 74.7 Å². The third kappa shape index (κ3) is 2.00. The summed E-state index contributed by atoms with van der Waals surface area (Å²) in [5.74, 6) is 1.03. The molecule has 0 radical (unpaired) electrons. The van der Waals surface area contributed by atoms with Gasteiger partial charge in [0.2, 0.25) is 0 Å². The van der Waals surface area contributed by atoms with Crippen molar-refractivity contribution in [1.29, 1.82) is 0 Å². The van der Waals surface area contributed by atoms with Gasteiger partial charge in [-0.25, -0.2) is 0 Å². The predicted octanol–water partition coefficient (Wildman–Crippen LogP) is 2.62. The lowest BCUT2D eigenvalue weighted by atomic mass is 10.0. The van der Waals surface area contributed by atoms with Crippen molar-refractivity contribution in [3.8, 4) is 0 Å². The molecule has 1 atom stereocenters. The highest BCUT2D eigenvalue weighted by molar-refractivity contribution is 5.49. The fourth-order valence-electron chi connectivity index (χ4n) is 1.22. The van der Waals surface area contributed by atoms with Gasteiger partial charge in [-0.2, -0.15) is 0 Å². The van der Waals surface area contributed by atoms with Crippen molar-refractivity contribution in [1.82, 2.24) is 0 Å². The van der Waals surface area contributed by atoms with E-state index >= 15 is 0 Å². The second kappa shape index (κ2) is 3.18. The van der Waals surface area contributed by atoms with Gasteiger partial charge in [0.25, 0.3) is 0 Å². The molecule has 0 saturated carbocycles. The Morgan fingerprint density at radius 3 is 2.67 bits per heavy atom. The first-order chi connectivity index (χ1) is 5.52. The average molecular weight is 163 g/mol. The van der Waals surface area contributed by atoms with Crippen LogP contribution < -0.4 is 5.73 Å². The molecule has 1 unspecified atom stereocenters. The third-order valence-electron chi connectivity index (χ3n) is 2.12. The van der Waals surface area contributed by atoms with Gasteiger partial charge in [-0.05, 0) is 24.0 Å². The van der Waals surface area contributed by atoms with Crippen LogP contribution in [0.2, 0.25) is 0 Å². The highest BCUT2D eigenvalue weighted by Crippen LogP contribution is 2.38. The molecule has 1 aliphatic carbocycles. The first-order valence-corrected chi connectivity index (χ1v) is 4.37. The van der Waals surface area contributed by atoms with E-state index in [1.807, 2.05) is 6.92 Å². The maximum absolute atomic E-state index is 5.57. The number of hydrogen-bond donors (Lipinski definition) is 1. The average Bonchev–Trinajstić information content (AvgIpc) is 2.64. The van der Waals surface area contributed by atoms with Gasteiger partial charge in [-0.3, -0.25) is 0 Å². The van der Waals surface area contributed by atoms with Crippen LogP contribution in [0.3, 0.4) is 0 Å². The monoisotopic (exact) mass is 163 g/mol. The van der Waals surface area contributed by atoms with Crippen molar-refractivity contribution < 1.29 is 0 Å². The quantitative estimate of drug-likeness (QED) is 0.680. The van der Waals surface area contributed by atoms with E-state index in [2.05, 4.69) is 32.6 Å². The molecule has 66 valence electrons. The minimum absolute atomic E-state index is 0.477.